The molecular weight excluding hydrogens is 388 g/mol. The molecule has 2 heterocycles. The summed E-state index contributed by atoms with van der Waals surface area (Å²) in [5.74, 6) is -0.0966. The number of carbonyl (C=O) groups is 2. The molecule has 1 saturated heterocycles. The Morgan fingerprint density at radius 3 is 2.48 bits per heavy atom. The number of benzene rings is 2. The summed E-state index contributed by atoms with van der Waals surface area (Å²) in [5.41, 5.74) is 2.88. The maximum absolute atomic E-state index is 12.2. The quantitative estimate of drug-likeness (QED) is 0.607. The number of aromatic carboxylic acids is 1. The van der Waals surface area contributed by atoms with Gasteiger partial charge in [0.1, 0.15) is 11.5 Å². The van der Waals surface area contributed by atoms with Crippen molar-refractivity contribution in [3.63, 3.8) is 0 Å². The Morgan fingerprint density at radius 1 is 1.07 bits per heavy atom. The average Bonchev–Trinajstić information content (AvgIpc) is 3.31. The van der Waals surface area contributed by atoms with Gasteiger partial charge in [0.25, 0.3) is 5.91 Å². The minimum atomic E-state index is -0.978. The van der Waals surface area contributed by atoms with Crippen LogP contribution in [0.5, 0.6) is 0 Å². The zero-order chi connectivity index (χ0) is 20.4. The highest BCUT2D eigenvalue weighted by Gasteiger charge is 2.24. The van der Waals surface area contributed by atoms with Gasteiger partial charge in [-0.2, -0.15) is 0 Å². The van der Waals surface area contributed by atoms with Gasteiger partial charge in [0.15, 0.2) is 5.17 Å². The van der Waals surface area contributed by atoms with Crippen LogP contribution in [0.25, 0.3) is 17.4 Å². The van der Waals surface area contributed by atoms with Gasteiger partial charge in [-0.05, 0) is 55.1 Å². The Morgan fingerprint density at radius 2 is 1.79 bits per heavy atom. The van der Waals surface area contributed by atoms with Crippen molar-refractivity contribution in [1.29, 1.82) is 0 Å². The molecule has 2 N–H and O–H groups in total. The minimum Gasteiger partial charge on any atom is -0.478 e. The molecule has 4 rings (SSSR count). The van der Waals surface area contributed by atoms with E-state index in [4.69, 9.17) is 9.52 Å². The molecule has 1 aliphatic heterocycles. The summed E-state index contributed by atoms with van der Waals surface area (Å²) >= 11 is 1.25. The van der Waals surface area contributed by atoms with Gasteiger partial charge in [0, 0.05) is 11.6 Å². The number of thioether (sulfide) groups is 1. The number of aliphatic imine (C=N–C) groups is 1. The lowest BCUT2D eigenvalue weighted by atomic mass is 10.1. The third-order valence-electron chi connectivity index (χ3n) is 4.23. The van der Waals surface area contributed by atoms with Crippen LogP contribution in [0.2, 0.25) is 0 Å². The van der Waals surface area contributed by atoms with Gasteiger partial charge >= 0.3 is 5.97 Å². The fraction of sp³-hybridized carbons (Fsp3) is 0.0455. The molecule has 0 aliphatic carbocycles. The molecule has 1 aromatic heterocycles. The van der Waals surface area contributed by atoms with Gasteiger partial charge in [-0.15, -0.1) is 0 Å². The number of carboxylic acid groups (broad SMARTS) is 1. The van der Waals surface area contributed by atoms with Crippen molar-refractivity contribution in [2.24, 2.45) is 4.99 Å². The smallest absolute Gasteiger partial charge is 0.335 e. The third-order valence-corrected chi connectivity index (χ3v) is 5.14. The normalized spacial score (nSPS) is 16.4. The second-order valence-electron chi connectivity index (χ2n) is 6.40. The van der Waals surface area contributed by atoms with Crippen molar-refractivity contribution in [3.8, 4) is 11.3 Å². The van der Waals surface area contributed by atoms with Crippen LogP contribution in [0, 0.1) is 6.92 Å². The van der Waals surface area contributed by atoms with E-state index < -0.39 is 5.97 Å². The fourth-order valence-electron chi connectivity index (χ4n) is 2.71. The van der Waals surface area contributed by atoms with Crippen LogP contribution < -0.4 is 5.32 Å². The van der Waals surface area contributed by atoms with Crippen molar-refractivity contribution in [2.45, 2.75) is 6.92 Å². The molecule has 0 saturated carbocycles. The van der Waals surface area contributed by atoms with Crippen molar-refractivity contribution in [2.75, 3.05) is 0 Å². The molecule has 29 heavy (non-hydrogen) atoms. The van der Waals surface area contributed by atoms with Gasteiger partial charge < -0.3 is 14.8 Å². The summed E-state index contributed by atoms with van der Waals surface area (Å²) in [6, 6.07) is 17.7. The van der Waals surface area contributed by atoms with Crippen molar-refractivity contribution in [3.05, 3.63) is 82.5 Å². The monoisotopic (exact) mass is 404 g/mol. The van der Waals surface area contributed by atoms with E-state index in [1.54, 1.807) is 30.3 Å². The first-order valence-electron chi connectivity index (χ1n) is 8.78. The molecule has 7 heteroatoms. The van der Waals surface area contributed by atoms with Crippen molar-refractivity contribution < 1.29 is 19.1 Å². The van der Waals surface area contributed by atoms with E-state index in [1.807, 2.05) is 31.2 Å². The van der Waals surface area contributed by atoms with E-state index >= 15 is 0 Å². The van der Waals surface area contributed by atoms with E-state index in [-0.39, 0.29) is 11.5 Å². The first-order valence-corrected chi connectivity index (χ1v) is 9.59. The number of hydrogen-bond donors (Lipinski definition) is 2. The highest BCUT2D eigenvalue weighted by Crippen LogP contribution is 2.30. The van der Waals surface area contributed by atoms with Gasteiger partial charge in [-0.1, -0.05) is 29.8 Å². The molecule has 0 unspecified atom stereocenters. The SMILES string of the molecule is Cc1ccc(N=C2NC(=O)/C(=C/c3ccc(-c4ccc(C(=O)O)cc4)o3)S2)cc1. The molecule has 144 valence electrons. The summed E-state index contributed by atoms with van der Waals surface area (Å²) < 4.78 is 5.79. The molecule has 2 aromatic carbocycles. The van der Waals surface area contributed by atoms with Crippen molar-refractivity contribution >= 4 is 40.6 Å². The number of aryl methyl sites for hydroxylation is 1. The minimum absolute atomic E-state index is 0.210. The first kappa shape index (κ1) is 18.8. The van der Waals surface area contributed by atoms with E-state index in [1.165, 1.54) is 23.9 Å². The summed E-state index contributed by atoms with van der Waals surface area (Å²) in [4.78, 5) is 28.1. The van der Waals surface area contributed by atoms with Gasteiger partial charge in [-0.3, -0.25) is 4.79 Å². The Bertz CT molecular complexity index is 1140. The number of carbonyl (C=O) groups excluding carboxylic acids is 1. The van der Waals surface area contributed by atoms with Gasteiger partial charge in [0.05, 0.1) is 16.2 Å². The van der Waals surface area contributed by atoms with Gasteiger partial charge in [-0.25, -0.2) is 9.79 Å². The van der Waals surface area contributed by atoms with Crippen LogP contribution in [-0.4, -0.2) is 22.2 Å². The molecule has 1 fully saturated rings. The van der Waals surface area contributed by atoms with E-state index in [9.17, 15) is 9.59 Å². The molecule has 0 spiro atoms. The number of rotatable bonds is 4. The summed E-state index contributed by atoms with van der Waals surface area (Å²) in [6.07, 6.45) is 1.66. The molecule has 1 amide bonds. The number of nitrogens with one attached hydrogen (secondary N) is 1. The average molecular weight is 404 g/mol. The molecule has 6 nitrogen and oxygen atoms in total. The van der Waals surface area contributed by atoms with Crippen LogP contribution in [0.4, 0.5) is 5.69 Å². The van der Waals surface area contributed by atoms with Crippen LogP contribution in [0.3, 0.4) is 0 Å². The third kappa shape index (κ3) is 4.30. The van der Waals surface area contributed by atoms with Crippen LogP contribution in [-0.2, 0) is 4.79 Å². The lowest BCUT2D eigenvalue weighted by molar-refractivity contribution is -0.115. The van der Waals surface area contributed by atoms with Crippen LogP contribution in [0.15, 0.2) is 75.0 Å². The second-order valence-corrected chi connectivity index (χ2v) is 7.43. The van der Waals surface area contributed by atoms with E-state index in [0.717, 1.165) is 16.8 Å². The van der Waals surface area contributed by atoms with Gasteiger partial charge in [0.2, 0.25) is 0 Å². The Hall–Kier alpha value is -3.58. The lowest BCUT2D eigenvalue weighted by Crippen LogP contribution is -2.19. The fourth-order valence-corrected chi connectivity index (χ4v) is 3.53. The molecule has 1 aliphatic rings. The predicted molar refractivity (Wildman–Crippen MR) is 113 cm³/mol. The number of furan rings is 1. The number of amides is 1. The topological polar surface area (TPSA) is 91.9 Å². The molecule has 0 bridgehead atoms. The second kappa shape index (κ2) is 7.81. The Kier molecular flexibility index (Phi) is 5.05. The number of carboxylic acids is 1. The lowest BCUT2D eigenvalue weighted by Gasteiger charge is -1.98. The molecule has 0 atom stereocenters. The maximum atomic E-state index is 12.2. The predicted octanol–water partition coefficient (Wildman–Crippen LogP) is 4.84. The molecule has 3 aromatic rings. The zero-order valence-corrected chi connectivity index (χ0v) is 16.2. The Balaban J connectivity index is 1.52. The number of nitrogens with zero attached hydrogens (tertiary/aromatic N) is 1. The zero-order valence-electron chi connectivity index (χ0n) is 15.4. The van der Waals surface area contributed by atoms with Crippen LogP contribution in [0.1, 0.15) is 21.7 Å². The Labute approximate surface area is 171 Å². The van der Waals surface area contributed by atoms with Crippen molar-refractivity contribution in [1.82, 2.24) is 5.32 Å². The maximum Gasteiger partial charge on any atom is 0.335 e. The first-order chi connectivity index (χ1) is 14.0. The summed E-state index contributed by atoms with van der Waals surface area (Å²) in [7, 11) is 0. The molecular formula is C22H16N2O4S. The van der Waals surface area contributed by atoms with E-state index in [0.29, 0.717) is 21.6 Å². The summed E-state index contributed by atoms with van der Waals surface area (Å²) in [6.45, 7) is 2.00. The highest BCUT2D eigenvalue weighted by molar-refractivity contribution is 8.18. The number of hydrogen-bond acceptors (Lipinski definition) is 5. The summed E-state index contributed by atoms with van der Waals surface area (Å²) in [5, 5.41) is 12.2. The van der Waals surface area contributed by atoms with Crippen LogP contribution >= 0.6 is 11.8 Å². The highest BCUT2D eigenvalue weighted by atomic mass is 32.2. The van der Waals surface area contributed by atoms with E-state index in [2.05, 4.69) is 10.3 Å². The standard InChI is InChI=1S/C22H16N2O4S/c1-13-2-8-16(9-3-13)23-22-24-20(25)19(29-22)12-17-10-11-18(28-17)14-4-6-15(7-5-14)21(26)27/h2-12H,1H3,(H,26,27)(H,23,24,25)/b19-12-. The largest absolute Gasteiger partial charge is 0.478 e. The molecule has 0 radical (unpaired) electrons. The number of amidine groups is 1.